The fraction of sp³-hybridized carbons (Fsp3) is 0.500. The minimum Gasteiger partial charge on any atom is -0.338 e. The van der Waals surface area contributed by atoms with Crippen LogP contribution in [0.1, 0.15) is 35.7 Å². The molecule has 3 heteroatoms. The van der Waals surface area contributed by atoms with Gasteiger partial charge in [0.2, 0.25) is 0 Å². The predicted octanol–water partition coefficient (Wildman–Crippen LogP) is 3.01. The average molecular weight is 235 g/mol. The van der Waals surface area contributed by atoms with E-state index in [1.165, 1.54) is 6.07 Å². The molecular formula is C14H18FNO. The summed E-state index contributed by atoms with van der Waals surface area (Å²) in [6.45, 7) is 5.40. The van der Waals surface area contributed by atoms with Gasteiger partial charge in [-0.05, 0) is 37.3 Å². The van der Waals surface area contributed by atoms with Gasteiger partial charge in [-0.2, -0.15) is 0 Å². The van der Waals surface area contributed by atoms with Gasteiger partial charge in [0.05, 0.1) is 5.56 Å². The predicted molar refractivity (Wildman–Crippen MR) is 65.4 cm³/mol. The van der Waals surface area contributed by atoms with Crippen LogP contribution in [0.4, 0.5) is 4.39 Å². The van der Waals surface area contributed by atoms with Crippen molar-refractivity contribution in [2.45, 2.75) is 26.7 Å². The topological polar surface area (TPSA) is 20.3 Å². The molecule has 0 radical (unpaired) electrons. The third-order valence-electron chi connectivity index (χ3n) is 3.38. The zero-order valence-corrected chi connectivity index (χ0v) is 10.4. The largest absolute Gasteiger partial charge is 0.338 e. The molecule has 17 heavy (non-hydrogen) atoms. The van der Waals surface area contributed by atoms with Crippen LogP contribution >= 0.6 is 0 Å². The minimum atomic E-state index is -0.409. The lowest BCUT2D eigenvalue weighted by atomic mass is 9.98. The van der Waals surface area contributed by atoms with E-state index in [2.05, 4.69) is 6.92 Å². The lowest BCUT2D eigenvalue weighted by Gasteiger charge is -2.31. The standard InChI is InChI=1S/C14H18FNO/c1-10-5-4-8-16(9-10)14(17)13-11(2)6-3-7-12(13)15/h3,6-7,10H,4-5,8-9H2,1-2H3. The van der Waals surface area contributed by atoms with Crippen LogP contribution in [0, 0.1) is 18.7 Å². The van der Waals surface area contributed by atoms with Crippen molar-refractivity contribution >= 4 is 5.91 Å². The smallest absolute Gasteiger partial charge is 0.257 e. The van der Waals surface area contributed by atoms with Crippen LogP contribution in [-0.4, -0.2) is 23.9 Å². The van der Waals surface area contributed by atoms with Gasteiger partial charge in [-0.3, -0.25) is 4.79 Å². The quantitative estimate of drug-likeness (QED) is 0.732. The summed E-state index contributed by atoms with van der Waals surface area (Å²) in [5, 5.41) is 0. The second-order valence-electron chi connectivity index (χ2n) is 4.93. The van der Waals surface area contributed by atoms with Crippen molar-refractivity contribution in [1.29, 1.82) is 0 Å². The molecular weight excluding hydrogens is 217 g/mol. The molecule has 0 bridgehead atoms. The number of nitrogens with zero attached hydrogens (tertiary/aromatic N) is 1. The first-order valence-electron chi connectivity index (χ1n) is 6.14. The number of likely N-dealkylation sites (tertiary alicyclic amines) is 1. The number of aryl methyl sites for hydroxylation is 1. The van der Waals surface area contributed by atoms with Crippen molar-refractivity contribution in [3.8, 4) is 0 Å². The fourth-order valence-corrected chi connectivity index (χ4v) is 2.43. The summed E-state index contributed by atoms with van der Waals surface area (Å²) >= 11 is 0. The number of piperidine rings is 1. The van der Waals surface area contributed by atoms with Gasteiger partial charge < -0.3 is 4.90 Å². The Morgan fingerprint density at radius 3 is 2.88 bits per heavy atom. The molecule has 1 unspecified atom stereocenters. The van der Waals surface area contributed by atoms with Gasteiger partial charge in [-0.25, -0.2) is 4.39 Å². The second-order valence-corrected chi connectivity index (χ2v) is 4.93. The summed E-state index contributed by atoms with van der Waals surface area (Å²) in [6.07, 6.45) is 2.17. The van der Waals surface area contributed by atoms with Crippen molar-refractivity contribution in [2.75, 3.05) is 13.1 Å². The Labute approximate surface area is 101 Å². The minimum absolute atomic E-state index is 0.160. The molecule has 1 aliphatic rings. The van der Waals surface area contributed by atoms with Gasteiger partial charge in [0.15, 0.2) is 0 Å². The third kappa shape index (κ3) is 2.48. The van der Waals surface area contributed by atoms with Crippen LogP contribution in [0.15, 0.2) is 18.2 Å². The lowest BCUT2D eigenvalue weighted by molar-refractivity contribution is 0.0677. The zero-order valence-electron chi connectivity index (χ0n) is 10.4. The Bertz CT molecular complexity index is 410. The van der Waals surface area contributed by atoms with E-state index >= 15 is 0 Å². The van der Waals surface area contributed by atoms with Crippen molar-refractivity contribution < 1.29 is 9.18 Å². The maximum atomic E-state index is 13.7. The van der Waals surface area contributed by atoms with Crippen LogP contribution in [-0.2, 0) is 0 Å². The van der Waals surface area contributed by atoms with E-state index in [0.717, 1.165) is 25.9 Å². The van der Waals surface area contributed by atoms with E-state index < -0.39 is 5.82 Å². The third-order valence-corrected chi connectivity index (χ3v) is 3.38. The molecule has 0 spiro atoms. The number of benzene rings is 1. The SMILES string of the molecule is Cc1cccc(F)c1C(=O)N1CCCC(C)C1. The first-order valence-corrected chi connectivity index (χ1v) is 6.14. The molecule has 1 aromatic rings. The molecule has 1 atom stereocenters. The van der Waals surface area contributed by atoms with Crippen molar-refractivity contribution in [3.63, 3.8) is 0 Å². The van der Waals surface area contributed by atoms with Gasteiger partial charge in [-0.15, -0.1) is 0 Å². The number of carbonyl (C=O) groups is 1. The molecule has 0 N–H and O–H groups in total. The molecule has 0 aromatic heterocycles. The molecule has 1 saturated heterocycles. The van der Waals surface area contributed by atoms with Crippen LogP contribution in [0.3, 0.4) is 0 Å². The summed E-state index contributed by atoms with van der Waals surface area (Å²) < 4.78 is 13.7. The Kier molecular flexibility index (Phi) is 3.46. The highest BCUT2D eigenvalue weighted by atomic mass is 19.1. The molecule has 1 aromatic carbocycles. The first-order chi connectivity index (χ1) is 8.09. The van der Waals surface area contributed by atoms with E-state index in [1.54, 1.807) is 24.0 Å². The van der Waals surface area contributed by atoms with Gasteiger partial charge in [0.25, 0.3) is 5.91 Å². The molecule has 1 amide bonds. The first kappa shape index (κ1) is 12.1. The summed E-state index contributed by atoms with van der Waals surface area (Å²) in [7, 11) is 0. The van der Waals surface area contributed by atoms with Crippen molar-refractivity contribution in [1.82, 2.24) is 4.90 Å². The Balaban J connectivity index is 2.24. The normalized spacial score (nSPS) is 20.4. The molecule has 1 fully saturated rings. The van der Waals surface area contributed by atoms with Gasteiger partial charge >= 0.3 is 0 Å². The lowest BCUT2D eigenvalue weighted by Crippen LogP contribution is -2.39. The van der Waals surface area contributed by atoms with Crippen molar-refractivity contribution in [3.05, 3.63) is 35.1 Å². The second kappa shape index (κ2) is 4.86. The van der Waals surface area contributed by atoms with Crippen LogP contribution < -0.4 is 0 Å². The molecule has 2 rings (SSSR count). The van der Waals surface area contributed by atoms with Gasteiger partial charge in [-0.1, -0.05) is 19.1 Å². The number of rotatable bonds is 1. The number of carbonyl (C=O) groups excluding carboxylic acids is 1. The van der Waals surface area contributed by atoms with Gasteiger partial charge in [0, 0.05) is 13.1 Å². The molecule has 0 saturated carbocycles. The van der Waals surface area contributed by atoms with E-state index in [4.69, 9.17) is 0 Å². The molecule has 1 heterocycles. The van der Waals surface area contributed by atoms with E-state index in [1.807, 2.05) is 0 Å². The summed E-state index contributed by atoms with van der Waals surface area (Å²) in [5.41, 5.74) is 0.954. The summed E-state index contributed by atoms with van der Waals surface area (Å²) in [6, 6.07) is 4.78. The van der Waals surface area contributed by atoms with Crippen LogP contribution in [0.5, 0.6) is 0 Å². The van der Waals surface area contributed by atoms with E-state index in [9.17, 15) is 9.18 Å². The number of halogens is 1. The summed E-state index contributed by atoms with van der Waals surface area (Å²) in [5.74, 6) is -0.0554. The monoisotopic (exact) mass is 235 g/mol. The zero-order chi connectivity index (χ0) is 12.4. The Morgan fingerprint density at radius 2 is 2.24 bits per heavy atom. The number of hydrogen-bond acceptors (Lipinski definition) is 1. The van der Waals surface area contributed by atoms with E-state index in [0.29, 0.717) is 11.5 Å². The molecule has 2 nitrogen and oxygen atoms in total. The fourth-order valence-electron chi connectivity index (χ4n) is 2.43. The maximum absolute atomic E-state index is 13.7. The van der Waals surface area contributed by atoms with E-state index in [-0.39, 0.29) is 11.5 Å². The Hall–Kier alpha value is -1.38. The number of amides is 1. The Morgan fingerprint density at radius 1 is 1.47 bits per heavy atom. The maximum Gasteiger partial charge on any atom is 0.257 e. The van der Waals surface area contributed by atoms with Gasteiger partial charge in [0.1, 0.15) is 5.82 Å². The molecule has 1 aliphatic heterocycles. The molecule has 0 aliphatic carbocycles. The van der Waals surface area contributed by atoms with Crippen LogP contribution in [0.2, 0.25) is 0 Å². The summed E-state index contributed by atoms with van der Waals surface area (Å²) in [4.78, 5) is 14.1. The number of hydrogen-bond donors (Lipinski definition) is 0. The highest BCUT2D eigenvalue weighted by molar-refractivity contribution is 5.96. The molecule has 92 valence electrons. The highest BCUT2D eigenvalue weighted by Gasteiger charge is 2.24. The average Bonchev–Trinajstić information content (AvgIpc) is 2.28. The van der Waals surface area contributed by atoms with Crippen LogP contribution in [0.25, 0.3) is 0 Å². The highest BCUT2D eigenvalue weighted by Crippen LogP contribution is 2.20. The van der Waals surface area contributed by atoms with Crippen molar-refractivity contribution in [2.24, 2.45) is 5.92 Å².